The van der Waals surface area contributed by atoms with E-state index >= 15 is 0 Å². The summed E-state index contributed by atoms with van der Waals surface area (Å²) >= 11 is 1.88. The highest BCUT2D eigenvalue weighted by Crippen LogP contribution is 2.29. The summed E-state index contributed by atoms with van der Waals surface area (Å²) in [7, 11) is 0. The number of thiophene rings is 1. The molecule has 0 aromatic carbocycles. The maximum atomic E-state index is 3.49. The molecule has 0 aliphatic carbocycles. The highest BCUT2D eigenvalue weighted by Gasteiger charge is 2.23. The van der Waals surface area contributed by atoms with Crippen LogP contribution in [0.3, 0.4) is 0 Å². The van der Waals surface area contributed by atoms with E-state index in [0.29, 0.717) is 5.41 Å². The quantitative estimate of drug-likeness (QED) is 0.746. The van der Waals surface area contributed by atoms with Crippen molar-refractivity contribution in [1.82, 2.24) is 5.32 Å². The van der Waals surface area contributed by atoms with Gasteiger partial charge in [0.1, 0.15) is 0 Å². The summed E-state index contributed by atoms with van der Waals surface area (Å²) in [6.45, 7) is 9.06. The van der Waals surface area contributed by atoms with Crippen molar-refractivity contribution in [2.75, 3.05) is 13.1 Å². The molecule has 1 nitrogen and oxygen atoms in total. The van der Waals surface area contributed by atoms with Gasteiger partial charge in [0.05, 0.1) is 0 Å². The Morgan fingerprint density at radius 1 is 1.40 bits per heavy atom. The molecule has 0 saturated heterocycles. The lowest BCUT2D eigenvalue weighted by molar-refractivity contribution is 0.279. The summed E-state index contributed by atoms with van der Waals surface area (Å²) in [6.07, 6.45) is 3.79. The van der Waals surface area contributed by atoms with E-state index in [1.807, 2.05) is 11.3 Å². The molecule has 0 spiro atoms. The van der Waals surface area contributed by atoms with Gasteiger partial charge in [-0.25, -0.2) is 0 Å². The van der Waals surface area contributed by atoms with Gasteiger partial charge in [-0.2, -0.15) is 0 Å². The van der Waals surface area contributed by atoms with E-state index in [2.05, 4.69) is 43.6 Å². The number of hydrogen-bond donors (Lipinski definition) is 1. The summed E-state index contributed by atoms with van der Waals surface area (Å²) in [4.78, 5) is 1.52. The van der Waals surface area contributed by atoms with Crippen LogP contribution in [-0.2, 0) is 6.42 Å². The summed E-state index contributed by atoms with van der Waals surface area (Å²) in [6, 6.07) is 4.41. The highest BCUT2D eigenvalue weighted by molar-refractivity contribution is 7.09. The van der Waals surface area contributed by atoms with Gasteiger partial charge >= 0.3 is 0 Å². The molecular weight excluding hydrogens is 202 g/mol. The highest BCUT2D eigenvalue weighted by atomic mass is 32.1. The first-order valence-corrected chi connectivity index (χ1v) is 6.81. The first-order valence-electron chi connectivity index (χ1n) is 5.93. The zero-order valence-electron chi connectivity index (χ0n) is 10.2. The Bertz CT molecular complexity index is 256. The van der Waals surface area contributed by atoms with Gasteiger partial charge in [-0.1, -0.05) is 33.3 Å². The van der Waals surface area contributed by atoms with Gasteiger partial charge in [-0.3, -0.25) is 0 Å². The molecule has 0 aliphatic heterocycles. The Hall–Kier alpha value is -0.340. The molecule has 15 heavy (non-hydrogen) atoms. The van der Waals surface area contributed by atoms with E-state index in [1.165, 1.54) is 24.1 Å². The van der Waals surface area contributed by atoms with Crippen molar-refractivity contribution < 1.29 is 0 Å². The third-order valence-corrected chi connectivity index (χ3v) is 3.71. The normalized spacial score (nSPS) is 15.1. The second-order valence-electron chi connectivity index (χ2n) is 4.60. The second-order valence-corrected chi connectivity index (χ2v) is 5.63. The molecule has 1 heterocycles. The van der Waals surface area contributed by atoms with Gasteiger partial charge in [0.25, 0.3) is 0 Å². The van der Waals surface area contributed by atoms with Crippen LogP contribution >= 0.6 is 11.3 Å². The lowest BCUT2D eigenvalue weighted by atomic mass is 9.81. The maximum Gasteiger partial charge on any atom is 0.00511 e. The molecule has 0 amide bonds. The molecule has 1 aromatic rings. The Balaban J connectivity index is 2.55. The van der Waals surface area contributed by atoms with E-state index in [0.717, 1.165) is 13.1 Å². The van der Waals surface area contributed by atoms with Gasteiger partial charge in [0.2, 0.25) is 0 Å². The second kappa shape index (κ2) is 6.29. The van der Waals surface area contributed by atoms with Gasteiger partial charge < -0.3 is 5.32 Å². The van der Waals surface area contributed by atoms with Crippen LogP contribution in [0.4, 0.5) is 0 Å². The monoisotopic (exact) mass is 225 g/mol. The van der Waals surface area contributed by atoms with Crippen molar-refractivity contribution in [3.8, 4) is 0 Å². The predicted molar refractivity (Wildman–Crippen MR) is 69.6 cm³/mol. The topological polar surface area (TPSA) is 12.0 Å². The van der Waals surface area contributed by atoms with Crippen molar-refractivity contribution in [1.29, 1.82) is 0 Å². The zero-order valence-corrected chi connectivity index (χ0v) is 11.0. The molecular formula is C13H23NS. The van der Waals surface area contributed by atoms with Crippen LogP contribution in [0.2, 0.25) is 0 Å². The van der Waals surface area contributed by atoms with Crippen LogP contribution < -0.4 is 5.32 Å². The third kappa shape index (κ3) is 4.35. The van der Waals surface area contributed by atoms with E-state index in [9.17, 15) is 0 Å². The molecule has 2 heteroatoms. The van der Waals surface area contributed by atoms with Crippen molar-refractivity contribution >= 4 is 11.3 Å². The lowest BCUT2D eigenvalue weighted by Gasteiger charge is -2.29. The molecule has 86 valence electrons. The fourth-order valence-corrected chi connectivity index (χ4v) is 3.02. The van der Waals surface area contributed by atoms with Gasteiger partial charge in [0, 0.05) is 11.4 Å². The van der Waals surface area contributed by atoms with E-state index < -0.39 is 0 Å². The number of rotatable bonds is 7. The largest absolute Gasteiger partial charge is 0.316 e. The summed E-state index contributed by atoms with van der Waals surface area (Å²) < 4.78 is 0. The van der Waals surface area contributed by atoms with Crippen molar-refractivity contribution in [2.24, 2.45) is 5.41 Å². The summed E-state index contributed by atoms with van der Waals surface area (Å²) in [5, 5.41) is 5.67. The maximum absolute atomic E-state index is 3.49. The molecule has 0 saturated carbocycles. The number of nitrogens with one attached hydrogen (secondary N) is 1. The molecule has 1 aromatic heterocycles. The Morgan fingerprint density at radius 2 is 2.20 bits per heavy atom. The van der Waals surface area contributed by atoms with E-state index in [-0.39, 0.29) is 0 Å². The first-order chi connectivity index (χ1) is 7.20. The van der Waals surface area contributed by atoms with Crippen LogP contribution in [0.15, 0.2) is 17.5 Å². The molecule has 1 atom stereocenters. The van der Waals surface area contributed by atoms with E-state index in [1.54, 1.807) is 0 Å². The van der Waals surface area contributed by atoms with Crippen LogP contribution in [0, 0.1) is 5.41 Å². The molecule has 0 aliphatic rings. The van der Waals surface area contributed by atoms with Crippen LogP contribution in [0.1, 0.15) is 38.5 Å². The fourth-order valence-electron chi connectivity index (χ4n) is 2.10. The first kappa shape index (κ1) is 12.7. The molecule has 1 N–H and O–H groups in total. The Kier molecular flexibility index (Phi) is 5.34. The van der Waals surface area contributed by atoms with Gasteiger partial charge in [0.15, 0.2) is 0 Å². The third-order valence-electron chi connectivity index (χ3n) is 2.84. The molecule has 1 unspecified atom stereocenters. The zero-order chi connectivity index (χ0) is 11.1. The van der Waals surface area contributed by atoms with E-state index in [4.69, 9.17) is 0 Å². The molecule has 0 radical (unpaired) electrons. The van der Waals surface area contributed by atoms with Crippen LogP contribution in [0.5, 0.6) is 0 Å². The van der Waals surface area contributed by atoms with Crippen LogP contribution in [-0.4, -0.2) is 13.1 Å². The lowest BCUT2D eigenvalue weighted by Crippen LogP contribution is -2.33. The smallest absolute Gasteiger partial charge is 0.00511 e. The Morgan fingerprint density at radius 3 is 2.73 bits per heavy atom. The molecule has 1 rings (SSSR count). The average Bonchev–Trinajstić information content (AvgIpc) is 2.68. The van der Waals surface area contributed by atoms with Gasteiger partial charge in [-0.05, 0) is 36.2 Å². The van der Waals surface area contributed by atoms with Crippen molar-refractivity contribution in [2.45, 2.75) is 40.0 Å². The summed E-state index contributed by atoms with van der Waals surface area (Å²) in [5.74, 6) is 0. The minimum Gasteiger partial charge on any atom is -0.316 e. The van der Waals surface area contributed by atoms with Crippen molar-refractivity contribution in [3.63, 3.8) is 0 Å². The molecule has 0 fully saturated rings. The minimum atomic E-state index is 0.426. The predicted octanol–water partition coefficient (Wildman–Crippen LogP) is 3.71. The number of hydrogen-bond acceptors (Lipinski definition) is 2. The molecule has 0 bridgehead atoms. The Labute approximate surface area is 97.9 Å². The summed E-state index contributed by atoms with van der Waals surface area (Å²) in [5.41, 5.74) is 0.426. The van der Waals surface area contributed by atoms with Crippen LogP contribution in [0.25, 0.3) is 0 Å². The van der Waals surface area contributed by atoms with Gasteiger partial charge in [-0.15, -0.1) is 11.3 Å². The minimum absolute atomic E-state index is 0.426. The standard InChI is InChI=1S/C13H23NS/c1-4-8-13(3,11-14-5-2)10-12-7-6-9-15-12/h6-7,9,14H,4-5,8,10-11H2,1-3H3. The van der Waals surface area contributed by atoms with Crippen molar-refractivity contribution in [3.05, 3.63) is 22.4 Å². The fraction of sp³-hybridized carbons (Fsp3) is 0.692. The average molecular weight is 225 g/mol. The SMILES string of the molecule is CCCC(C)(CNCC)Cc1cccs1.